The summed E-state index contributed by atoms with van der Waals surface area (Å²) < 4.78 is 0. The van der Waals surface area contributed by atoms with Crippen molar-refractivity contribution < 1.29 is 0 Å². The Hall–Kier alpha value is 0.430. The average molecular weight is 880 g/mol. The Bertz CT molecular complexity index is 356. The summed E-state index contributed by atoms with van der Waals surface area (Å²) in [5, 5.41) is 0. The van der Waals surface area contributed by atoms with Crippen molar-refractivity contribution in [1.82, 2.24) is 0 Å². The van der Waals surface area contributed by atoms with Crippen LogP contribution in [-0.4, -0.2) is 0 Å². The molecule has 0 aromatic carbocycles. The molecule has 1 heteroatoms. The largest absolute Gasteiger partial charge is 0.153 e. The van der Waals surface area contributed by atoms with Crippen molar-refractivity contribution in [1.29, 1.82) is 0 Å². The second-order valence-corrected chi connectivity index (χ2v) is 16.1. The van der Waals surface area contributed by atoms with E-state index in [-0.39, 0.29) is 24.8 Å². The Labute approximate surface area is 396 Å². The minimum absolute atomic E-state index is 0. The Kier molecular flexibility index (Phi) is 138. The molecule has 5 fully saturated rings. The van der Waals surface area contributed by atoms with Crippen molar-refractivity contribution in [3.8, 4) is 0 Å². The highest BCUT2D eigenvalue weighted by Gasteiger charge is 2.05. The van der Waals surface area contributed by atoms with Gasteiger partial charge in [-0.05, 0) is 11.8 Å². The monoisotopic (exact) mass is 879 g/mol. The molecule has 1 atom stereocenters. The lowest BCUT2D eigenvalue weighted by Crippen LogP contribution is -1.97. The molecule has 0 nitrogen and oxygen atoms in total. The molecule has 5 aliphatic rings. The summed E-state index contributed by atoms with van der Waals surface area (Å²) in [5.74, 6) is 2.04. The first kappa shape index (κ1) is 83.9. The van der Waals surface area contributed by atoms with E-state index in [0.29, 0.717) is 0 Å². The third kappa shape index (κ3) is 97.6. The van der Waals surface area contributed by atoms with E-state index < -0.39 is 0 Å². The third-order valence-electron chi connectivity index (χ3n) is 10.8. The van der Waals surface area contributed by atoms with E-state index in [4.69, 9.17) is 0 Å². The lowest BCUT2D eigenvalue weighted by molar-refractivity contribution is 0.404. The van der Waals surface area contributed by atoms with Crippen LogP contribution in [0.15, 0.2) is 0 Å². The maximum atomic E-state index is 2.39. The summed E-state index contributed by atoms with van der Waals surface area (Å²) in [5.41, 5.74) is 0. The molecule has 0 aliphatic heterocycles. The molecule has 1 unspecified atom stereocenters. The predicted octanol–water partition coefficient (Wildman–Crippen LogP) is 25.0. The van der Waals surface area contributed by atoms with Crippen molar-refractivity contribution in [3.05, 3.63) is 0 Å². The minimum Gasteiger partial charge on any atom is -0.153 e. The number of hydrogen-bond acceptors (Lipinski definition) is 0. The van der Waals surface area contributed by atoms with Crippen LogP contribution in [0.3, 0.4) is 0 Å². The normalized spacial score (nSPS) is 18.0. The minimum atomic E-state index is 0. The van der Waals surface area contributed by atoms with Crippen LogP contribution in [0.25, 0.3) is 0 Å². The second kappa shape index (κ2) is 98.3. The molecule has 0 N–H and O–H groups in total. The summed E-state index contributed by atoms with van der Waals surface area (Å²) in [6, 6.07) is 0. The molecule has 0 spiro atoms. The highest BCUT2D eigenvalue weighted by Crippen LogP contribution is 2.22. The summed E-state index contributed by atoms with van der Waals surface area (Å²) >= 11 is 0. The third-order valence-corrected chi connectivity index (χ3v) is 10.8. The van der Waals surface area contributed by atoms with Crippen LogP contribution in [0.4, 0.5) is 0 Å². The molecule has 380 valence electrons. The Balaban J connectivity index is -0.0000000596. The molecular formula is C59H139P. The molecule has 0 saturated heterocycles. The van der Waals surface area contributed by atoms with Gasteiger partial charge in [-0.1, -0.05) is 376 Å². The van der Waals surface area contributed by atoms with Gasteiger partial charge in [0.25, 0.3) is 0 Å². The topological polar surface area (TPSA) is 0 Å². The van der Waals surface area contributed by atoms with Gasteiger partial charge in [0.05, 0.1) is 0 Å². The van der Waals surface area contributed by atoms with Crippen LogP contribution in [-0.2, 0) is 0 Å². The standard InChI is InChI=1S/2C9H18.3C8H16.C3H8.6C2H6.2CH4.H3P/c2*1-9-7-5-3-2-4-6-8-9;3*1-2-4-6-8-7-5-3-1;1-3-2;6*1-2;;;/h2*9H,2-8H2,1H3;3*1-8H2;3H2,1-2H3;6*1-2H3;2*1H4;1H3. The SMILES string of the molecule is C.C.C1CCCCCCC1.C1CCCCCCC1.C1CCCCCCC1.CC.CC.CC.CC.CC.CC.CC1CCCCCCC1.CC1CCCCCCC1.CCC.P. The van der Waals surface area contributed by atoms with Crippen molar-refractivity contribution in [2.75, 3.05) is 0 Å². The highest BCUT2D eigenvalue weighted by molar-refractivity contribution is 6.92. The number of hydrogen-bond donors (Lipinski definition) is 0. The van der Waals surface area contributed by atoms with E-state index in [1.807, 2.05) is 83.1 Å². The van der Waals surface area contributed by atoms with Crippen molar-refractivity contribution in [2.24, 2.45) is 11.8 Å². The summed E-state index contributed by atoms with van der Waals surface area (Å²) in [6.07, 6.45) is 58.1. The van der Waals surface area contributed by atoms with Gasteiger partial charge in [0.1, 0.15) is 0 Å². The first-order valence-electron chi connectivity index (χ1n) is 28.2. The van der Waals surface area contributed by atoms with E-state index in [1.165, 1.54) is 250 Å². The maximum absolute atomic E-state index is 2.39. The van der Waals surface area contributed by atoms with Gasteiger partial charge in [0.15, 0.2) is 0 Å². The summed E-state index contributed by atoms with van der Waals surface area (Å²) in [4.78, 5) is 0. The lowest BCUT2D eigenvalue weighted by Gasteiger charge is -2.13. The molecule has 0 bridgehead atoms. The highest BCUT2D eigenvalue weighted by atomic mass is 31.0. The van der Waals surface area contributed by atoms with Crippen LogP contribution in [0.2, 0.25) is 0 Å². The molecular weight excluding hydrogens is 740 g/mol. The average Bonchev–Trinajstić information content (AvgIpc) is 3.20. The van der Waals surface area contributed by atoms with E-state index in [9.17, 15) is 0 Å². The molecule has 5 aliphatic carbocycles. The molecule has 0 radical (unpaired) electrons. The zero-order chi connectivity index (χ0) is 44.7. The smallest absolute Gasteiger partial charge is 0.0443 e. The predicted molar refractivity (Wildman–Crippen MR) is 302 cm³/mol. The van der Waals surface area contributed by atoms with E-state index >= 15 is 0 Å². The van der Waals surface area contributed by atoms with Gasteiger partial charge in [0, 0.05) is 0 Å². The number of rotatable bonds is 0. The fraction of sp³-hybridized carbons (Fsp3) is 1.00. The zero-order valence-corrected chi connectivity index (χ0v) is 46.9. The van der Waals surface area contributed by atoms with Gasteiger partial charge in [-0.2, -0.15) is 9.90 Å². The van der Waals surface area contributed by atoms with Gasteiger partial charge < -0.3 is 0 Å². The Morgan fingerprint density at radius 3 is 0.367 bits per heavy atom. The van der Waals surface area contributed by atoms with Gasteiger partial charge >= 0.3 is 0 Å². The van der Waals surface area contributed by atoms with Crippen LogP contribution in [0.1, 0.15) is 376 Å². The van der Waals surface area contributed by atoms with Crippen LogP contribution in [0.5, 0.6) is 0 Å². The quantitative estimate of drug-likeness (QED) is 0.213. The van der Waals surface area contributed by atoms with Crippen LogP contribution in [0, 0.1) is 11.8 Å². The van der Waals surface area contributed by atoms with Gasteiger partial charge in [0.2, 0.25) is 0 Å². The second-order valence-electron chi connectivity index (χ2n) is 16.1. The molecule has 0 amide bonds. The first-order chi connectivity index (χ1) is 28.2. The maximum Gasteiger partial charge on any atom is -0.0443 e. The summed E-state index contributed by atoms with van der Waals surface area (Å²) in [6.45, 7) is 33.0. The van der Waals surface area contributed by atoms with Crippen LogP contribution >= 0.6 is 9.90 Å². The molecule has 60 heavy (non-hydrogen) atoms. The Morgan fingerprint density at radius 2 is 0.283 bits per heavy atom. The molecule has 5 rings (SSSR count). The van der Waals surface area contributed by atoms with Crippen molar-refractivity contribution >= 4 is 9.90 Å². The van der Waals surface area contributed by atoms with Crippen molar-refractivity contribution in [2.45, 2.75) is 376 Å². The van der Waals surface area contributed by atoms with E-state index in [1.54, 1.807) is 0 Å². The van der Waals surface area contributed by atoms with Gasteiger partial charge in [-0.3, -0.25) is 0 Å². The zero-order valence-electron chi connectivity index (χ0n) is 45.4. The molecule has 0 aromatic rings. The fourth-order valence-electron chi connectivity index (χ4n) is 7.56. The lowest BCUT2D eigenvalue weighted by atomic mass is 9.93. The van der Waals surface area contributed by atoms with Gasteiger partial charge in [-0.25, -0.2) is 0 Å². The molecule has 0 heterocycles. The van der Waals surface area contributed by atoms with Crippen LogP contribution < -0.4 is 0 Å². The van der Waals surface area contributed by atoms with Gasteiger partial charge in [-0.15, -0.1) is 0 Å². The first-order valence-corrected chi connectivity index (χ1v) is 28.2. The summed E-state index contributed by atoms with van der Waals surface area (Å²) in [7, 11) is 0. The van der Waals surface area contributed by atoms with E-state index in [2.05, 4.69) is 27.7 Å². The fourth-order valence-corrected chi connectivity index (χ4v) is 7.56. The van der Waals surface area contributed by atoms with Crippen molar-refractivity contribution in [3.63, 3.8) is 0 Å². The Morgan fingerprint density at radius 1 is 0.217 bits per heavy atom. The molecule has 0 aromatic heterocycles. The molecule has 5 saturated carbocycles. The van der Waals surface area contributed by atoms with E-state index in [0.717, 1.165) is 11.8 Å².